The molecular formula is C19H22ClN5O3S. The number of aryl methyl sites for hydroxylation is 1. The van der Waals surface area contributed by atoms with Crippen LogP contribution in [0.3, 0.4) is 0 Å². The maximum absolute atomic E-state index is 13.0. The van der Waals surface area contributed by atoms with Crippen LogP contribution in [0.15, 0.2) is 40.5 Å². The number of carbonyl (C=O) groups excluding carboxylic acids is 2. The Labute approximate surface area is 177 Å². The number of nitrogens with one attached hydrogen (secondary N) is 2. The van der Waals surface area contributed by atoms with E-state index in [4.69, 9.17) is 22.5 Å². The first kappa shape index (κ1) is 21.1. The van der Waals surface area contributed by atoms with Gasteiger partial charge in [-0.25, -0.2) is 0 Å². The Kier molecular flexibility index (Phi) is 6.71. The summed E-state index contributed by atoms with van der Waals surface area (Å²) < 4.78 is 0. The van der Waals surface area contributed by atoms with Crippen LogP contribution < -0.4 is 16.0 Å². The molecule has 0 fully saturated rings. The number of fused-ring (bicyclic) bond motifs is 1. The van der Waals surface area contributed by atoms with Crippen LogP contribution in [0, 0.1) is 0 Å². The highest BCUT2D eigenvalue weighted by molar-refractivity contribution is 8.00. The average molecular weight is 436 g/mol. The van der Waals surface area contributed by atoms with Crippen molar-refractivity contribution in [1.29, 1.82) is 0 Å². The van der Waals surface area contributed by atoms with E-state index in [9.17, 15) is 9.59 Å². The predicted molar refractivity (Wildman–Crippen MR) is 114 cm³/mol. The maximum Gasteiger partial charge on any atom is 0.268 e. The second-order valence-electron chi connectivity index (χ2n) is 6.52. The van der Waals surface area contributed by atoms with E-state index in [1.54, 1.807) is 12.1 Å². The summed E-state index contributed by atoms with van der Waals surface area (Å²) >= 11 is 7.22. The highest BCUT2D eigenvalue weighted by Crippen LogP contribution is 2.28. The van der Waals surface area contributed by atoms with E-state index in [2.05, 4.69) is 15.5 Å². The second kappa shape index (κ2) is 9.23. The number of amides is 2. The number of aromatic nitrogens is 1. The third-order valence-corrected chi connectivity index (χ3v) is 5.80. The van der Waals surface area contributed by atoms with Gasteiger partial charge in [-0.2, -0.15) is 0 Å². The molecule has 10 heteroatoms. The van der Waals surface area contributed by atoms with E-state index in [0.29, 0.717) is 23.0 Å². The summed E-state index contributed by atoms with van der Waals surface area (Å²) in [7, 11) is 0. The number of anilines is 1. The van der Waals surface area contributed by atoms with Gasteiger partial charge in [-0.1, -0.05) is 42.0 Å². The smallest absolute Gasteiger partial charge is 0.268 e. The molecule has 2 amide bonds. The lowest BCUT2D eigenvalue weighted by Gasteiger charge is -2.34. The van der Waals surface area contributed by atoms with Crippen molar-refractivity contribution in [1.82, 2.24) is 10.3 Å². The fourth-order valence-corrected chi connectivity index (χ4v) is 4.32. The van der Waals surface area contributed by atoms with Crippen molar-refractivity contribution in [3.05, 3.63) is 47.2 Å². The predicted octanol–water partition coefficient (Wildman–Crippen LogP) is 2.30. The number of nitrogens with two attached hydrogens (primary N) is 1. The Hall–Kier alpha value is -2.65. The molecule has 2 aromatic rings. The summed E-state index contributed by atoms with van der Waals surface area (Å²) in [5, 5.41) is 15.9. The molecular weight excluding hydrogens is 414 g/mol. The van der Waals surface area contributed by atoms with E-state index in [0.717, 1.165) is 22.6 Å². The fourth-order valence-electron chi connectivity index (χ4n) is 3.31. The third-order valence-electron chi connectivity index (χ3n) is 4.71. The number of para-hydroxylation sites is 1. The SMILES string of the molecule is CCc1cc(C(=O)NC2Cc3ccccc3N(C/C(N)=N/O)C2=O)[nH]c1SCCl. The number of hydrogen-bond donors (Lipinski definition) is 4. The summed E-state index contributed by atoms with van der Waals surface area (Å²) in [6.45, 7) is 1.92. The molecule has 1 aliphatic heterocycles. The van der Waals surface area contributed by atoms with Gasteiger partial charge in [-0.3, -0.25) is 9.59 Å². The number of amidine groups is 1. The zero-order chi connectivity index (χ0) is 21.0. The summed E-state index contributed by atoms with van der Waals surface area (Å²) in [5.74, 6) is -0.788. The Morgan fingerprint density at radius 2 is 2.24 bits per heavy atom. The number of hydrogen-bond acceptors (Lipinski definition) is 5. The highest BCUT2D eigenvalue weighted by atomic mass is 35.5. The molecule has 0 saturated carbocycles. The highest BCUT2D eigenvalue weighted by Gasteiger charge is 2.34. The van der Waals surface area contributed by atoms with Crippen molar-refractivity contribution >= 4 is 46.7 Å². The minimum absolute atomic E-state index is 0.0717. The summed E-state index contributed by atoms with van der Waals surface area (Å²) in [5.41, 5.74) is 8.57. The molecule has 1 atom stereocenters. The number of H-pyrrole nitrogens is 1. The first-order valence-corrected chi connectivity index (χ1v) is 10.6. The molecule has 0 aliphatic carbocycles. The normalized spacial score (nSPS) is 16.6. The van der Waals surface area contributed by atoms with Crippen molar-refractivity contribution in [3.63, 3.8) is 0 Å². The lowest BCUT2D eigenvalue weighted by Crippen LogP contribution is -2.54. The summed E-state index contributed by atoms with van der Waals surface area (Å²) in [6.07, 6.45) is 1.12. The minimum atomic E-state index is -0.763. The first-order chi connectivity index (χ1) is 14.0. The molecule has 1 aromatic heterocycles. The van der Waals surface area contributed by atoms with Gasteiger partial charge in [0.2, 0.25) is 5.91 Å². The Morgan fingerprint density at radius 1 is 1.48 bits per heavy atom. The van der Waals surface area contributed by atoms with Gasteiger partial charge in [0, 0.05) is 12.1 Å². The molecule has 5 N–H and O–H groups in total. The van der Waals surface area contributed by atoms with Crippen molar-refractivity contribution in [2.45, 2.75) is 30.8 Å². The molecule has 1 unspecified atom stereocenters. The van der Waals surface area contributed by atoms with E-state index in [-0.39, 0.29) is 24.2 Å². The monoisotopic (exact) mass is 435 g/mol. The number of thioether (sulfide) groups is 1. The first-order valence-electron chi connectivity index (χ1n) is 9.05. The van der Waals surface area contributed by atoms with Crippen LogP contribution in [0.2, 0.25) is 0 Å². The Balaban J connectivity index is 1.84. The summed E-state index contributed by atoms with van der Waals surface area (Å²) in [4.78, 5) is 30.3. The molecule has 0 bridgehead atoms. The zero-order valence-corrected chi connectivity index (χ0v) is 17.4. The van der Waals surface area contributed by atoms with Crippen LogP contribution in [0.5, 0.6) is 0 Å². The molecule has 1 aliphatic rings. The number of carbonyl (C=O) groups is 2. The van der Waals surface area contributed by atoms with Gasteiger partial charge in [0.15, 0.2) is 5.84 Å². The third kappa shape index (κ3) is 4.51. The van der Waals surface area contributed by atoms with Crippen molar-refractivity contribution < 1.29 is 14.8 Å². The molecule has 154 valence electrons. The molecule has 2 heterocycles. The molecule has 1 aromatic carbocycles. The van der Waals surface area contributed by atoms with Crippen LogP contribution in [0.1, 0.15) is 28.5 Å². The number of rotatable bonds is 7. The van der Waals surface area contributed by atoms with Gasteiger partial charge in [-0.05, 0) is 29.7 Å². The standard InChI is InChI=1S/C19H22ClN5O3S/c1-2-11-7-13(23-18(11)29-10-20)17(26)22-14-8-12-5-3-4-6-15(12)25(19(14)27)9-16(21)24-28/h3-7,14,23,28H,2,8-10H2,1H3,(H2,21,24)(H,22,26). The molecule has 29 heavy (non-hydrogen) atoms. The molecule has 3 rings (SSSR count). The lowest BCUT2D eigenvalue weighted by atomic mass is 9.97. The van der Waals surface area contributed by atoms with Crippen molar-refractivity contribution in [3.8, 4) is 0 Å². The largest absolute Gasteiger partial charge is 0.409 e. The minimum Gasteiger partial charge on any atom is -0.409 e. The van der Waals surface area contributed by atoms with Crippen LogP contribution in [0.4, 0.5) is 5.69 Å². The van der Waals surface area contributed by atoms with E-state index in [1.807, 2.05) is 25.1 Å². The average Bonchev–Trinajstić information content (AvgIpc) is 3.14. The van der Waals surface area contributed by atoms with E-state index >= 15 is 0 Å². The lowest BCUT2D eigenvalue weighted by molar-refractivity contribution is -0.120. The molecule has 0 spiro atoms. The number of benzene rings is 1. The van der Waals surface area contributed by atoms with E-state index < -0.39 is 6.04 Å². The van der Waals surface area contributed by atoms with Gasteiger partial charge in [-0.15, -0.1) is 11.6 Å². The van der Waals surface area contributed by atoms with Gasteiger partial charge < -0.3 is 26.1 Å². The van der Waals surface area contributed by atoms with Crippen molar-refractivity contribution in [2.24, 2.45) is 10.9 Å². The second-order valence-corrected chi connectivity index (χ2v) is 8.09. The number of aromatic amines is 1. The quantitative estimate of drug-likeness (QED) is 0.133. The van der Waals surface area contributed by atoms with Crippen molar-refractivity contribution in [2.75, 3.05) is 16.7 Å². The van der Waals surface area contributed by atoms with Gasteiger partial charge >= 0.3 is 0 Å². The fraction of sp³-hybridized carbons (Fsp3) is 0.316. The van der Waals surface area contributed by atoms with Gasteiger partial charge in [0.05, 0.1) is 16.8 Å². The zero-order valence-electron chi connectivity index (χ0n) is 15.8. The van der Waals surface area contributed by atoms with Crippen LogP contribution in [-0.2, 0) is 17.6 Å². The van der Waals surface area contributed by atoms with Crippen LogP contribution >= 0.6 is 23.4 Å². The molecule has 0 saturated heterocycles. The molecule has 8 nitrogen and oxygen atoms in total. The number of nitrogens with zero attached hydrogens (tertiary/aromatic N) is 2. The van der Waals surface area contributed by atoms with Gasteiger partial charge in [0.25, 0.3) is 5.91 Å². The van der Waals surface area contributed by atoms with Crippen LogP contribution in [-0.4, -0.2) is 45.6 Å². The van der Waals surface area contributed by atoms with E-state index in [1.165, 1.54) is 16.7 Å². The topological polar surface area (TPSA) is 124 Å². The molecule has 0 radical (unpaired) electrons. The maximum atomic E-state index is 13.0. The van der Waals surface area contributed by atoms with Crippen LogP contribution in [0.25, 0.3) is 0 Å². The Bertz CT molecular complexity index is 946. The number of halogens is 1. The Morgan fingerprint density at radius 3 is 2.93 bits per heavy atom. The number of alkyl halides is 1. The summed E-state index contributed by atoms with van der Waals surface area (Å²) in [6, 6.07) is 8.37. The van der Waals surface area contributed by atoms with Gasteiger partial charge in [0.1, 0.15) is 11.7 Å². The number of oxime groups is 1.